The van der Waals surface area contributed by atoms with E-state index in [9.17, 15) is 4.79 Å². The van der Waals surface area contributed by atoms with Gasteiger partial charge in [0.1, 0.15) is 0 Å². The summed E-state index contributed by atoms with van der Waals surface area (Å²) in [5.74, 6) is 0.0492. The topological polar surface area (TPSA) is 32.3 Å². The molecule has 2 aromatic carbocycles. The number of carbonyl (C=O) groups excluding carboxylic acids is 1. The zero-order valence-corrected chi connectivity index (χ0v) is 12.9. The van der Waals surface area contributed by atoms with E-state index in [1.807, 2.05) is 43.3 Å². The summed E-state index contributed by atoms with van der Waals surface area (Å²) in [4.78, 5) is 14.0. The van der Waals surface area contributed by atoms with Gasteiger partial charge in [-0.25, -0.2) is 0 Å². The Labute approximate surface area is 126 Å². The van der Waals surface area contributed by atoms with Crippen LogP contribution in [0.2, 0.25) is 0 Å². The van der Waals surface area contributed by atoms with Crippen LogP contribution in [0.5, 0.6) is 0 Å². The minimum absolute atomic E-state index is 0.0492. The lowest BCUT2D eigenvalue weighted by molar-refractivity contribution is -0.116. The van der Waals surface area contributed by atoms with E-state index in [1.54, 1.807) is 0 Å². The van der Waals surface area contributed by atoms with Crippen molar-refractivity contribution in [2.45, 2.75) is 19.8 Å². The molecule has 0 fully saturated rings. The number of nitrogens with zero attached hydrogens (tertiary/aromatic N) is 1. The molecule has 3 nitrogen and oxygen atoms in total. The first kappa shape index (κ1) is 15.1. The third-order valence-corrected chi connectivity index (χ3v) is 3.43. The van der Waals surface area contributed by atoms with Gasteiger partial charge in [-0.1, -0.05) is 29.8 Å². The number of nitrogens with one attached hydrogen (secondary N) is 1. The maximum atomic E-state index is 11.9. The number of hydrogen-bond acceptors (Lipinski definition) is 2. The van der Waals surface area contributed by atoms with Crippen LogP contribution in [0.15, 0.2) is 48.5 Å². The molecule has 0 bridgehead atoms. The average molecular weight is 282 g/mol. The van der Waals surface area contributed by atoms with Gasteiger partial charge in [0.25, 0.3) is 0 Å². The van der Waals surface area contributed by atoms with Crippen LogP contribution >= 0.6 is 0 Å². The van der Waals surface area contributed by atoms with Crippen molar-refractivity contribution in [1.82, 2.24) is 0 Å². The van der Waals surface area contributed by atoms with Crippen molar-refractivity contribution in [2.24, 2.45) is 0 Å². The van der Waals surface area contributed by atoms with Gasteiger partial charge in [-0.05, 0) is 43.2 Å². The fourth-order valence-electron chi connectivity index (χ4n) is 2.08. The molecule has 21 heavy (non-hydrogen) atoms. The van der Waals surface area contributed by atoms with Crippen LogP contribution in [-0.2, 0) is 11.2 Å². The van der Waals surface area contributed by atoms with E-state index in [4.69, 9.17) is 0 Å². The predicted molar refractivity (Wildman–Crippen MR) is 88.9 cm³/mol. The number of benzene rings is 2. The molecule has 0 heterocycles. The summed E-state index contributed by atoms with van der Waals surface area (Å²) in [5, 5.41) is 2.93. The molecular formula is C18H22N2O. The fourth-order valence-corrected chi connectivity index (χ4v) is 2.08. The van der Waals surface area contributed by atoms with Gasteiger partial charge in [0.15, 0.2) is 0 Å². The van der Waals surface area contributed by atoms with Crippen molar-refractivity contribution in [2.75, 3.05) is 24.3 Å². The minimum atomic E-state index is 0.0492. The van der Waals surface area contributed by atoms with Gasteiger partial charge < -0.3 is 10.2 Å². The molecule has 1 amide bonds. The van der Waals surface area contributed by atoms with E-state index >= 15 is 0 Å². The van der Waals surface area contributed by atoms with Crippen molar-refractivity contribution in [3.05, 3.63) is 59.7 Å². The summed E-state index contributed by atoms with van der Waals surface area (Å²) in [6, 6.07) is 16.2. The van der Waals surface area contributed by atoms with E-state index in [1.165, 1.54) is 11.1 Å². The fraction of sp³-hybridized carbons (Fsp3) is 0.278. The van der Waals surface area contributed by atoms with Crippen molar-refractivity contribution in [3.63, 3.8) is 0 Å². The van der Waals surface area contributed by atoms with Crippen molar-refractivity contribution in [3.8, 4) is 0 Å². The van der Waals surface area contributed by atoms with E-state index in [-0.39, 0.29) is 5.91 Å². The molecule has 2 aromatic rings. The molecule has 0 atom stereocenters. The molecule has 0 spiro atoms. The van der Waals surface area contributed by atoms with Gasteiger partial charge in [-0.2, -0.15) is 0 Å². The highest BCUT2D eigenvalue weighted by Gasteiger charge is 2.04. The quantitative estimate of drug-likeness (QED) is 0.908. The second-order valence-electron chi connectivity index (χ2n) is 5.48. The normalized spacial score (nSPS) is 10.2. The first-order valence-electron chi connectivity index (χ1n) is 7.17. The van der Waals surface area contributed by atoms with Crippen LogP contribution in [-0.4, -0.2) is 20.0 Å². The second kappa shape index (κ2) is 6.93. The predicted octanol–water partition coefficient (Wildman–Crippen LogP) is 3.63. The monoisotopic (exact) mass is 282 g/mol. The van der Waals surface area contributed by atoms with Crippen LogP contribution in [0.25, 0.3) is 0 Å². The maximum absolute atomic E-state index is 11.9. The molecule has 1 N–H and O–H groups in total. The van der Waals surface area contributed by atoms with Crippen LogP contribution in [0.4, 0.5) is 11.4 Å². The van der Waals surface area contributed by atoms with Gasteiger partial charge in [-0.15, -0.1) is 0 Å². The minimum Gasteiger partial charge on any atom is -0.378 e. The molecule has 0 radical (unpaired) electrons. The van der Waals surface area contributed by atoms with Crippen molar-refractivity contribution < 1.29 is 4.79 Å². The Balaban J connectivity index is 1.85. The summed E-state index contributed by atoms with van der Waals surface area (Å²) < 4.78 is 0. The van der Waals surface area contributed by atoms with E-state index < -0.39 is 0 Å². The Morgan fingerprint density at radius 1 is 1.00 bits per heavy atom. The largest absolute Gasteiger partial charge is 0.378 e. The molecule has 0 saturated carbocycles. The maximum Gasteiger partial charge on any atom is 0.224 e. The van der Waals surface area contributed by atoms with Crippen molar-refractivity contribution >= 4 is 17.3 Å². The van der Waals surface area contributed by atoms with Gasteiger partial charge in [-0.3, -0.25) is 4.79 Å². The molecule has 0 saturated heterocycles. The third-order valence-electron chi connectivity index (χ3n) is 3.43. The molecule has 0 unspecified atom stereocenters. The van der Waals surface area contributed by atoms with Gasteiger partial charge in [0.05, 0.1) is 0 Å². The number of carbonyl (C=O) groups is 1. The van der Waals surface area contributed by atoms with Crippen LogP contribution in [0.1, 0.15) is 17.5 Å². The Kier molecular flexibility index (Phi) is 4.99. The summed E-state index contributed by atoms with van der Waals surface area (Å²) in [7, 11) is 3.99. The highest BCUT2D eigenvalue weighted by Crippen LogP contribution is 2.16. The summed E-state index contributed by atoms with van der Waals surface area (Å²) in [6.45, 7) is 2.06. The first-order chi connectivity index (χ1) is 10.0. The lowest BCUT2D eigenvalue weighted by Crippen LogP contribution is -2.13. The van der Waals surface area contributed by atoms with E-state index in [0.717, 1.165) is 17.8 Å². The molecule has 2 rings (SSSR count). The lowest BCUT2D eigenvalue weighted by Gasteiger charge is -2.13. The number of amides is 1. The molecule has 3 heteroatoms. The highest BCUT2D eigenvalue weighted by atomic mass is 16.1. The summed E-state index contributed by atoms with van der Waals surface area (Å²) >= 11 is 0. The molecule has 0 aromatic heterocycles. The average Bonchev–Trinajstić information content (AvgIpc) is 2.47. The Bertz CT molecular complexity index is 586. The number of aryl methyl sites for hydroxylation is 2. The van der Waals surface area contributed by atoms with Crippen LogP contribution in [0, 0.1) is 6.92 Å². The van der Waals surface area contributed by atoms with Crippen LogP contribution in [0.3, 0.4) is 0 Å². The number of rotatable bonds is 5. The molecule has 0 aliphatic carbocycles. The number of anilines is 2. The van der Waals surface area contributed by atoms with E-state index in [2.05, 4.69) is 36.5 Å². The number of hydrogen-bond donors (Lipinski definition) is 1. The SMILES string of the molecule is Cc1ccc(CCC(=O)Nc2ccc(N(C)C)cc2)cc1. The highest BCUT2D eigenvalue weighted by molar-refractivity contribution is 5.91. The second-order valence-corrected chi connectivity index (χ2v) is 5.48. The summed E-state index contributed by atoms with van der Waals surface area (Å²) in [6.07, 6.45) is 1.26. The third kappa shape index (κ3) is 4.63. The van der Waals surface area contributed by atoms with Gasteiger partial charge in [0, 0.05) is 31.9 Å². The standard InChI is InChI=1S/C18H22N2O/c1-14-4-6-15(7-5-14)8-13-18(21)19-16-9-11-17(12-10-16)20(2)3/h4-7,9-12H,8,13H2,1-3H3,(H,19,21). The Morgan fingerprint density at radius 2 is 1.62 bits per heavy atom. The Morgan fingerprint density at radius 3 is 2.19 bits per heavy atom. The molecule has 0 aliphatic heterocycles. The Hall–Kier alpha value is -2.29. The molecule has 110 valence electrons. The van der Waals surface area contributed by atoms with E-state index in [0.29, 0.717) is 6.42 Å². The first-order valence-corrected chi connectivity index (χ1v) is 7.17. The van der Waals surface area contributed by atoms with Gasteiger partial charge >= 0.3 is 0 Å². The zero-order chi connectivity index (χ0) is 15.2. The van der Waals surface area contributed by atoms with Crippen LogP contribution < -0.4 is 10.2 Å². The lowest BCUT2D eigenvalue weighted by atomic mass is 10.1. The van der Waals surface area contributed by atoms with Gasteiger partial charge in [0.2, 0.25) is 5.91 Å². The smallest absolute Gasteiger partial charge is 0.224 e. The molecular weight excluding hydrogens is 260 g/mol. The zero-order valence-electron chi connectivity index (χ0n) is 12.9. The molecule has 0 aliphatic rings. The van der Waals surface area contributed by atoms with Crippen molar-refractivity contribution in [1.29, 1.82) is 0 Å². The summed E-state index contributed by atoms with van der Waals surface area (Å²) in [5.41, 5.74) is 4.39.